The third kappa shape index (κ3) is 8.29. The van der Waals surface area contributed by atoms with E-state index in [1.807, 2.05) is 37.8 Å². The molecule has 1 fully saturated rings. The Labute approximate surface area is 185 Å². The molecule has 0 aliphatic heterocycles. The highest BCUT2D eigenvalue weighted by Crippen LogP contribution is 2.27. The molecule has 2 rings (SSSR count). The zero-order chi connectivity index (χ0) is 18.9. The number of guanidine groups is 1. The monoisotopic (exact) mass is 509 g/mol. The number of hydrogen-bond donors (Lipinski definition) is 2. The molecule has 1 aromatic heterocycles. The number of halogens is 2. The number of carbonyl (C=O) groups is 1. The average Bonchev–Trinajstić information content (AvgIpc) is 3.20. The van der Waals surface area contributed by atoms with Crippen LogP contribution >= 0.6 is 35.6 Å². The summed E-state index contributed by atoms with van der Waals surface area (Å²) in [6.07, 6.45) is 7.50. The Hall–Kier alpha value is -0.960. The minimum absolute atomic E-state index is 0. The van der Waals surface area contributed by atoms with Crippen molar-refractivity contribution in [1.29, 1.82) is 0 Å². The lowest BCUT2D eigenvalue weighted by Crippen LogP contribution is -2.39. The van der Waals surface area contributed by atoms with Gasteiger partial charge in [0.2, 0.25) is 5.91 Å². The molecule has 0 radical (unpaired) electrons. The second-order valence-electron chi connectivity index (χ2n) is 7.06. The van der Waals surface area contributed by atoms with E-state index in [1.165, 1.54) is 25.7 Å². The van der Waals surface area contributed by atoms with Crippen molar-refractivity contribution in [3.05, 3.63) is 23.0 Å². The number of rotatable bonds is 8. The Balaban J connectivity index is 0.00000364. The van der Waals surface area contributed by atoms with Crippen molar-refractivity contribution < 1.29 is 4.79 Å². The maximum Gasteiger partial charge on any atom is 0.220 e. The predicted octanol–water partition coefficient (Wildman–Crippen LogP) is 3.39. The topological polar surface area (TPSA) is 61.7 Å². The molecule has 1 aromatic rings. The molecule has 0 bridgehead atoms. The molecule has 1 heterocycles. The van der Waals surface area contributed by atoms with E-state index < -0.39 is 0 Å². The number of hydrogen-bond acceptors (Lipinski definition) is 2. The van der Waals surface area contributed by atoms with Crippen LogP contribution in [0.2, 0.25) is 5.02 Å². The molecular formula is C19H33ClIN5O. The standard InChI is InChI=1S/C19H32ClN5O.HI/c1-4-21-19(25(3)14-17-12-16(20)13-24(17)2)23-10-9-22-18(26)11-15-7-5-6-8-15;/h12-13,15H,4-11,14H2,1-3H3,(H,21,23)(H,22,26);1H. The van der Waals surface area contributed by atoms with Crippen LogP contribution in [0.25, 0.3) is 0 Å². The molecule has 154 valence electrons. The number of amides is 1. The van der Waals surface area contributed by atoms with Gasteiger partial charge in [-0.3, -0.25) is 9.79 Å². The zero-order valence-electron chi connectivity index (χ0n) is 16.6. The molecule has 0 atom stereocenters. The van der Waals surface area contributed by atoms with E-state index in [2.05, 4.69) is 20.5 Å². The van der Waals surface area contributed by atoms with Gasteiger partial charge in [0.1, 0.15) is 0 Å². The van der Waals surface area contributed by atoms with Gasteiger partial charge in [0.25, 0.3) is 0 Å². The predicted molar refractivity (Wildman–Crippen MR) is 123 cm³/mol. The summed E-state index contributed by atoms with van der Waals surface area (Å²) in [5.41, 5.74) is 1.12. The van der Waals surface area contributed by atoms with Crippen molar-refractivity contribution >= 4 is 47.4 Å². The van der Waals surface area contributed by atoms with E-state index in [-0.39, 0.29) is 29.9 Å². The first-order valence-electron chi connectivity index (χ1n) is 9.56. The van der Waals surface area contributed by atoms with Crippen molar-refractivity contribution in [2.75, 3.05) is 26.7 Å². The summed E-state index contributed by atoms with van der Waals surface area (Å²) in [7, 11) is 3.99. The summed E-state index contributed by atoms with van der Waals surface area (Å²) in [4.78, 5) is 18.7. The van der Waals surface area contributed by atoms with Crippen molar-refractivity contribution in [2.24, 2.45) is 18.0 Å². The van der Waals surface area contributed by atoms with Crippen molar-refractivity contribution in [2.45, 2.75) is 45.6 Å². The van der Waals surface area contributed by atoms with Crippen LogP contribution in [0.1, 0.15) is 44.7 Å². The molecule has 0 spiro atoms. The highest BCUT2D eigenvalue weighted by molar-refractivity contribution is 14.0. The molecule has 1 aliphatic carbocycles. The Kier molecular flexibility index (Phi) is 11.1. The van der Waals surface area contributed by atoms with E-state index >= 15 is 0 Å². The molecular weight excluding hydrogens is 477 g/mol. The van der Waals surface area contributed by atoms with Gasteiger partial charge in [-0.25, -0.2) is 0 Å². The summed E-state index contributed by atoms with van der Waals surface area (Å²) in [6, 6.07) is 1.96. The molecule has 2 N–H and O–H groups in total. The molecule has 0 unspecified atom stereocenters. The molecule has 0 saturated heterocycles. The van der Waals surface area contributed by atoms with Crippen molar-refractivity contribution in [3.8, 4) is 0 Å². The summed E-state index contributed by atoms with van der Waals surface area (Å²) < 4.78 is 2.02. The van der Waals surface area contributed by atoms with Gasteiger partial charge < -0.3 is 20.1 Å². The first-order valence-corrected chi connectivity index (χ1v) is 9.94. The smallest absolute Gasteiger partial charge is 0.220 e. The van der Waals surface area contributed by atoms with Crippen LogP contribution in [-0.2, 0) is 18.4 Å². The summed E-state index contributed by atoms with van der Waals surface area (Å²) in [5.74, 6) is 1.57. The lowest BCUT2D eigenvalue weighted by Gasteiger charge is -2.22. The number of aliphatic imine (C=N–C) groups is 1. The first-order chi connectivity index (χ1) is 12.5. The summed E-state index contributed by atoms with van der Waals surface area (Å²) >= 11 is 6.06. The highest BCUT2D eigenvalue weighted by atomic mass is 127. The fourth-order valence-electron chi connectivity index (χ4n) is 3.42. The first kappa shape index (κ1) is 24.1. The minimum Gasteiger partial charge on any atom is -0.357 e. The maximum atomic E-state index is 12.0. The van der Waals surface area contributed by atoms with E-state index in [4.69, 9.17) is 11.6 Å². The van der Waals surface area contributed by atoms with Crippen LogP contribution in [0.3, 0.4) is 0 Å². The molecule has 1 aliphatic rings. The number of carbonyl (C=O) groups excluding carboxylic acids is 1. The van der Waals surface area contributed by atoms with Gasteiger partial charge in [-0.1, -0.05) is 24.4 Å². The molecule has 0 aromatic carbocycles. The van der Waals surface area contributed by atoms with E-state index in [0.717, 1.165) is 23.2 Å². The van der Waals surface area contributed by atoms with E-state index in [9.17, 15) is 4.79 Å². The van der Waals surface area contributed by atoms with Crippen LogP contribution < -0.4 is 10.6 Å². The Morgan fingerprint density at radius 3 is 2.67 bits per heavy atom. The highest BCUT2D eigenvalue weighted by Gasteiger charge is 2.18. The lowest BCUT2D eigenvalue weighted by molar-refractivity contribution is -0.121. The zero-order valence-corrected chi connectivity index (χ0v) is 19.7. The third-order valence-electron chi connectivity index (χ3n) is 4.81. The Bertz CT molecular complexity index is 613. The van der Waals surface area contributed by atoms with Gasteiger partial charge in [0.05, 0.1) is 18.1 Å². The quantitative estimate of drug-likeness (QED) is 0.244. The van der Waals surface area contributed by atoms with Gasteiger partial charge in [-0.2, -0.15) is 0 Å². The molecule has 27 heavy (non-hydrogen) atoms. The summed E-state index contributed by atoms with van der Waals surface area (Å²) in [5, 5.41) is 7.03. The van der Waals surface area contributed by atoms with Crippen LogP contribution in [0, 0.1) is 5.92 Å². The van der Waals surface area contributed by atoms with E-state index in [0.29, 0.717) is 32.0 Å². The largest absolute Gasteiger partial charge is 0.357 e. The fraction of sp³-hybridized carbons (Fsp3) is 0.684. The number of aryl methyl sites for hydroxylation is 1. The van der Waals surface area contributed by atoms with Crippen LogP contribution in [-0.4, -0.2) is 48.0 Å². The third-order valence-corrected chi connectivity index (χ3v) is 5.02. The van der Waals surface area contributed by atoms with Crippen molar-refractivity contribution in [3.63, 3.8) is 0 Å². The summed E-state index contributed by atoms with van der Waals surface area (Å²) in [6.45, 7) is 4.70. The average molecular weight is 510 g/mol. The van der Waals surface area contributed by atoms with Crippen LogP contribution in [0.4, 0.5) is 0 Å². The van der Waals surface area contributed by atoms with E-state index in [1.54, 1.807) is 0 Å². The minimum atomic E-state index is 0. The fourth-order valence-corrected chi connectivity index (χ4v) is 3.69. The Morgan fingerprint density at radius 2 is 2.07 bits per heavy atom. The van der Waals surface area contributed by atoms with Gasteiger partial charge in [0.15, 0.2) is 5.96 Å². The second-order valence-corrected chi connectivity index (χ2v) is 7.49. The van der Waals surface area contributed by atoms with Crippen LogP contribution in [0.5, 0.6) is 0 Å². The van der Waals surface area contributed by atoms with Gasteiger partial charge in [-0.15, -0.1) is 24.0 Å². The van der Waals surface area contributed by atoms with Gasteiger partial charge >= 0.3 is 0 Å². The molecule has 8 heteroatoms. The number of nitrogens with one attached hydrogen (secondary N) is 2. The van der Waals surface area contributed by atoms with Gasteiger partial charge in [-0.05, 0) is 31.7 Å². The Morgan fingerprint density at radius 1 is 1.37 bits per heavy atom. The van der Waals surface area contributed by atoms with Crippen LogP contribution in [0.15, 0.2) is 17.3 Å². The van der Waals surface area contributed by atoms with Crippen molar-refractivity contribution in [1.82, 2.24) is 20.1 Å². The maximum absolute atomic E-state index is 12.0. The SMILES string of the molecule is CCNC(=NCCNC(=O)CC1CCCC1)N(C)Cc1cc(Cl)cn1C.I. The van der Waals surface area contributed by atoms with Gasteiger partial charge in [0, 0.05) is 45.5 Å². The second kappa shape index (κ2) is 12.5. The molecule has 1 amide bonds. The number of aromatic nitrogens is 1. The lowest BCUT2D eigenvalue weighted by atomic mass is 10.0. The molecule has 1 saturated carbocycles. The molecule has 6 nitrogen and oxygen atoms in total. The number of nitrogens with zero attached hydrogens (tertiary/aromatic N) is 3. The normalized spacial score (nSPS) is 14.7.